The summed E-state index contributed by atoms with van der Waals surface area (Å²) in [6, 6.07) is 7.22. The predicted molar refractivity (Wildman–Crippen MR) is 88.2 cm³/mol. The van der Waals surface area contributed by atoms with Gasteiger partial charge in [0.25, 0.3) is 5.91 Å². The number of carbonyl (C=O) groups is 2. The van der Waals surface area contributed by atoms with E-state index in [2.05, 4.69) is 0 Å². The maximum absolute atomic E-state index is 12.3. The molecule has 2 rings (SSSR count). The molecule has 0 radical (unpaired) electrons. The van der Waals surface area contributed by atoms with Gasteiger partial charge in [0.2, 0.25) is 0 Å². The topological polar surface area (TPSA) is 57.6 Å². The fourth-order valence-corrected chi connectivity index (χ4v) is 3.30. The van der Waals surface area contributed by atoms with Crippen molar-refractivity contribution in [1.82, 2.24) is 4.90 Å². The molecule has 1 N–H and O–H groups in total. The number of halogens is 1. The first-order valence-corrected chi connectivity index (χ1v) is 7.81. The summed E-state index contributed by atoms with van der Waals surface area (Å²) in [7, 11) is 0. The molecule has 0 aliphatic carbocycles. The van der Waals surface area contributed by atoms with Crippen LogP contribution in [0.15, 0.2) is 29.2 Å². The van der Waals surface area contributed by atoms with E-state index >= 15 is 0 Å². The van der Waals surface area contributed by atoms with E-state index in [1.54, 1.807) is 12.1 Å². The van der Waals surface area contributed by atoms with Crippen LogP contribution in [0.2, 0.25) is 5.02 Å². The van der Waals surface area contributed by atoms with Gasteiger partial charge in [-0.2, -0.15) is 0 Å². The number of aliphatic carboxylic acids is 1. The second-order valence-corrected chi connectivity index (χ2v) is 6.44. The molecule has 110 valence electrons. The maximum atomic E-state index is 12.3. The smallest absolute Gasteiger partial charge is 0.303 e. The van der Waals surface area contributed by atoms with Gasteiger partial charge in [0.1, 0.15) is 4.32 Å². The Morgan fingerprint density at radius 3 is 2.81 bits per heavy atom. The number of amides is 1. The summed E-state index contributed by atoms with van der Waals surface area (Å²) in [4.78, 5) is 24.7. The van der Waals surface area contributed by atoms with Crippen LogP contribution in [-0.2, 0) is 9.59 Å². The Labute approximate surface area is 136 Å². The van der Waals surface area contributed by atoms with Gasteiger partial charge in [-0.3, -0.25) is 14.5 Å². The van der Waals surface area contributed by atoms with Crippen LogP contribution in [0.25, 0.3) is 6.08 Å². The minimum atomic E-state index is -0.882. The number of thiocarbonyl (C=S) groups is 1. The lowest BCUT2D eigenvalue weighted by Gasteiger charge is -2.13. The maximum Gasteiger partial charge on any atom is 0.303 e. The number of benzene rings is 1. The number of carboxylic acid groups (broad SMARTS) is 1. The van der Waals surface area contributed by atoms with Crippen LogP contribution in [0.1, 0.15) is 18.4 Å². The summed E-state index contributed by atoms with van der Waals surface area (Å²) in [6.07, 6.45) is 2.10. The third-order valence-corrected chi connectivity index (χ3v) is 4.56. The summed E-state index contributed by atoms with van der Waals surface area (Å²) in [5.41, 5.74) is 0.755. The lowest BCUT2D eigenvalue weighted by Crippen LogP contribution is -2.29. The zero-order chi connectivity index (χ0) is 15.4. The second kappa shape index (κ2) is 7.06. The summed E-state index contributed by atoms with van der Waals surface area (Å²) in [6.45, 7) is 0.316. The van der Waals surface area contributed by atoms with Crippen LogP contribution in [0.3, 0.4) is 0 Å². The number of hydrogen-bond donors (Lipinski definition) is 1. The van der Waals surface area contributed by atoms with Crippen LogP contribution in [0.5, 0.6) is 0 Å². The molecule has 1 aliphatic rings. The molecule has 4 nitrogen and oxygen atoms in total. The van der Waals surface area contributed by atoms with Gasteiger partial charge in [0.05, 0.1) is 4.91 Å². The van der Waals surface area contributed by atoms with E-state index in [1.807, 2.05) is 18.2 Å². The van der Waals surface area contributed by atoms with E-state index in [1.165, 1.54) is 16.7 Å². The molecule has 1 aliphatic heterocycles. The zero-order valence-corrected chi connectivity index (χ0v) is 13.3. The summed E-state index contributed by atoms with van der Waals surface area (Å²) < 4.78 is 0.448. The highest BCUT2D eigenvalue weighted by Gasteiger charge is 2.31. The largest absolute Gasteiger partial charge is 0.481 e. The van der Waals surface area contributed by atoms with E-state index in [0.717, 1.165) is 5.56 Å². The zero-order valence-electron chi connectivity index (χ0n) is 10.9. The number of nitrogens with zero attached hydrogens (tertiary/aromatic N) is 1. The van der Waals surface area contributed by atoms with Crippen LogP contribution >= 0.6 is 35.6 Å². The molecule has 1 aromatic rings. The van der Waals surface area contributed by atoms with Gasteiger partial charge in [0, 0.05) is 18.0 Å². The SMILES string of the molecule is O=C(O)CCCN1C(=O)/C(=C/c2ccccc2Cl)SC1=S. The Morgan fingerprint density at radius 2 is 2.14 bits per heavy atom. The highest BCUT2D eigenvalue weighted by molar-refractivity contribution is 8.26. The van der Waals surface area contributed by atoms with Gasteiger partial charge in [-0.05, 0) is 24.1 Å². The van der Waals surface area contributed by atoms with Crippen molar-refractivity contribution < 1.29 is 14.7 Å². The second-order valence-electron chi connectivity index (χ2n) is 4.35. The highest BCUT2D eigenvalue weighted by atomic mass is 35.5. The standard InChI is InChI=1S/C14H12ClNO3S2/c15-10-5-2-1-4-9(10)8-11-13(19)16(14(20)21-11)7-3-6-12(17)18/h1-2,4-5,8H,3,6-7H2,(H,17,18)/b11-8-. The number of carboxylic acids is 1. The average Bonchev–Trinajstić information content (AvgIpc) is 2.68. The van der Waals surface area contributed by atoms with Crippen LogP contribution < -0.4 is 0 Å². The molecule has 1 fully saturated rings. The molecule has 0 unspecified atom stereocenters. The molecule has 1 heterocycles. The Kier molecular flexibility index (Phi) is 5.39. The van der Waals surface area contributed by atoms with E-state index in [9.17, 15) is 9.59 Å². The monoisotopic (exact) mass is 341 g/mol. The van der Waals surface area contributed by atoms with E-state index < -0.39 is 5.97 Å². The van der Waals surface area contributed by atoms with Gasteiger partial charge >= 0.3 is 5.97 Å². The highest BCUT2D eigenvalue weighted by Crippen LogP contribution is 2.33. The average molecular weight is 342 g/mol. The molecule has 7 heteroatoms. The van der Waals surface area contributed by atoms with Gasteiger partial charge in [-0.15, -0.1) is 0 Å². The van der Waals surface area contributed by atoms with Crippen molar-refractivity contribution in [3.05, 3.63) is 39.8 Å². The van der Waals surface area contributed by atoms with Gasteiger partial charge in [0.15, 0.2) is 0 Å². The normalized spacial score (nSPS) is 16.8. The summed E-state index contributed by atoms with van der Waals surface area (Å²) >= 11 is 12.4. The molecule has 1 amide bonds. The molecule has 0 bridgehead atoms. The molecule has 0 spiro atoms. The third-order valence-electron chi connectivity index (χ3n) is 2.84. The first-order valence-electron chi connectivity index (χ1n) is 6.20. The minimum absolute atomic E-state index is 0.0145. The molecule has 0 atom stereocenters. The van der Waals surface area contributed by atoms with Crippen molar-refractivity contribution in [2.24, 2.45) is 0 Å². The molecule has 1 aromatic carbocycles. The lowest BCUT2D eigenvalue weighted by atomic mass is 10.2. The minimum Gasteiger partial charge on any atom is -0.481 e. The van der Waals surface area contributed by atoms with Gasteiger partial charge in [-0.25, -0.2) is 0 Å². The number of thioether (sulfide) groups is 1. The first-order chi connectivity index (χ1) is 9.99. The van der Waals surface area contributed by atoms with Gasteiger partial charge in [-0.1, -0.05) is 53.8 Å². The predicted octanol–water partition coefficient (Wildman–Crippen LogP) is 3.41. The fraction of sp³-hybridized carbons (Fsp3) is 0.214. The van der Waals surface area contributed by atoms with Crippen LogP contribution in [0, 0.1) is 0 Å². The molecular formula is C14H12ClNO3S2. The van der Waals surface area contributed by atoms with E-state index in [0.29, 0.717) is 27.2 Å². The lowest BCUT2D eigenvalue weighted by molar-refractivity contribution is -0.137. The van der Waals surface area contributed by atoms with Crippen molar-refractivity contribution in [2.45, 2.75) is 12.8 Å². The summed E-state index contributed by atoms with van der Waals surface area (Å²) in [5.74, 6) is -1.08. The number of carbonyl (C=O) groups excluding carboxylic acids is 1. The number of hydrogen-bond acceptors (Lipinski definition) is 4. The Balaban J connectivity index is 2.11. The third kappa shape index (κ3) is 4.06. The van der Waals surface area contributed by atoms with Crippen molar-refractivity contribution in [1.29, 1.82) is 0 Å². The molecule has 21 heavy (non-hydrogen) atoms. The molecule has 1 saturated heterocycles. The van der Waals surface area contributed by atoms with E-state index in [4.69, 9.17) is 28.9 Å². The molecule has 0 aromatic heterocycles. The van der Waals surface area contributed by atoms with E-state index in [-0.39, 0.29) is 12.3 Å². The van der Waals surface area contributed by atoms with Crippen LogP contribution in [-0.4, -0.2) is 32.7 Å². The quantitative estimate of drug-likeness (QED) is 0.657. The Morgan fingerprint density at radius 1 is 1.43 bits per heavy atom. The van der Waals surface area contributed by atoms with Crippen molar-refractivity contribution in [2.75, 3.05) is 6.54 Å². The molecular weight excluding hydrogens is 330 g/mol. The number of rotatable bonds is 5. The summed E-state index contributed by atoms with van der Waals surface area (Å²) in [5, 5.41) is 9.19. The Hall–Kier alpha value is -1.37. The van der Waals surface area contributed by atoms with Crippen molar-refractivity contribution in [3.8, 4) is 0 Å². The van der Waals surface area contributed by atoms with Crippen molar-refractivity contribution >= 4 is 57.9 Å². The first kappa shape index (κ1) is 16.0. The fourth-order valence-electron chi connectivity index (χ4n) is 1.81. The van der Waals surface area contributed by atoms with Crippen molar-refractivity contribution in [3.63, 3.8) is 0 Å². The molecule has 0 saturated carbocycles. The Bertz CT molecular complexity index is 630. The van der Waals surface area contributed by atoms with Gasteiger partial charge < -0.3 is 5.11 Å². The van der Waals surface area contributed by atoms with Crippen LogP contribution in [0.4, 0.5) is 0 Å².